The molecule has 1 aromatic carbocycles. The molecule has 2 aliphatic heterocycles. The number of hydrogen-bond donors (Lipinski definition) is 2. The molecule has 0 radical (unpaired) electrons. The van der Waals surface area contributed by atoms with Crippen LogP contribution in [0.2, 0.25) is 0 Å². The Morgan fingerprint density at radius 1 is 1.25 bits per heavy atom. The summed E-state index contributed by atoms with van der Waals surface area (Å²) in [5.41, 5.74) is 1.25. The zero-order valence-electron chi connectivity index (χ0n) is 19.0. The Hall–Kier alpha value is -2.85. The first-order chi connectivity index (χ1) is 15.0. The zero-order chi connectivity index (χ0) is 23.3. The highest BCUT2D eigenvalue weighted by atomic mass is 16.7. The molecule has 1 unspecified atom stereocenters. The predicted molar refractivity (Wildman–Crippen MR) is 118 cm³/mol. The molecule has 2 N–H and O–H groups in total. The lowest BCUT2D eigenvalue weighted by Gasteiger charge is -2.32. The van der Waals surface area contributed by atoms with Crippen LogP contribution >= 0.6 is 0 Å². The van der Waals surface area contributed by atoms with Gasteiger partial charge in [-0.25, -0.2) is 14.6 Å². The van der Waals surface area contributed by atoms with Crippen LogP contribution in [-0.4, -0.2) is 64.0 Å². The molecule has 32 heavy (non-hydrogen) atoms. The molecule has 4 rings (SSSR count). The first-order valence-corrected chi connectivity index (χ1v) is 10.7. The quantitative estimate of drug-likeness (QED) is 0.554. The number of carbonyl (C=O) groups is 2. The lowest BCUT2D eigenvalue weighted by atomic mass is 9.75. The average molecular weight is 441 g/mol. The topological polar surface area (TPSA) is 114 Å². The van der Waals surface area contributed by atoms with Gasteiger partial charge >= 0.3 is 19.2 Å². The van der Waals surface area contributed by atoms with Crippen LogP contribution in [-0.2, 0) is 14.0 Å². The van der Waals surface area contributed by atoms with Crippen molar-refractivity contribution in [3.05, 3.63) is 35.8 Å². The Labute approximate surface area is 187 Å². The number of aromatic amines is 1. The molecule has 2 aromatic rings. The standard InChI is InChI=1S/C22H28BN3O6/c1-21(2)22(3,4)32-23(31-21)15-9-8-13(11-14(15)19(27)30-5)16-12-24-18(25-16)17-7-6-10-26(17)20(28)29/h8-9,11-12,17H,6-7,10H2,1-5H3,(H,24,25)(H,28,29). The molecule has 1 atom stereocenters. The first-order valence-electron chi connectivity index (χ1n) is 10.7. The minimum absolute atomic E-state index is 0.301. The van der Waals surface area contributed by atoms with Crippen LogP contribution in [0.3, 0.4) is 0 Å². The second-order valence-corrected chi connectivity index (χ2v) is 9.20. The maximum absolute atomic E-state index is 12.6. The van der Waals surface area contributed by atoms with Crippen LogP contribution in [0.25, 0.3) is 11.3 Å². The van der Waals surface area contributed by atoms with Gasteiger partial charge in [0.2, 0.25) is 0 Å². The normalized spacial score (nSPS) is 21.7. The summed E-state index contributed by atoms with van der Waals surface area (Å²) in [5.74, 6) is 0.0960. The summed E-state index contributed by atoms with van der Waals surface area (Å²) in [6.07, 6.45) is 2.21. The number of nitrogens with one attached hydrogen (secondary N) is 1. The third-order valence-corrected chi connectivity index (χ3v) is 6.69. The van der Waals surface area contributed by atoms with Gasteiger partial charge in [-0.15, -0.1) is 0 Å². The second kappa shape index (κ2) is 7.93. The van der Waals surface area contributed by atoms with E-state index in [9.17, 15) is 14.7 Å². The van der Waals surface area contributed by atoms with Crippen LogP contribution in [0.4, 0.5) is 4.79 Å². The van der Waals surface area contributed by atoms with Crippen molar-refractivity contribution in [2.45, 2.75) is 57.8 Å². The van der Waals surface area contributed by atoms with Gasteiger partial charge in [-0.3, -0.25) is 4.90 Å². The lowest BCUT2D eigenvalue weighted by molar-refractivity contribution is 0.00578. The number of benzene rings is 1. The summed E-state index contributed by atoms with van der Waals surface area (Å²) < 4.78 is 17.3. The fourth-order valence-corrected chi connectivity index (χ4v) is 4.12. The van der Waals surface area contributed by atoms with Crippen molar-refractivity contribution >= 4 is 24.6 Å². The van der Waals surface area contributed by atoms with Gasteiger partial charge < -0.3 is 24.1 Å². The van der Waals surface area contributed by atoms with E-state index in [-0.39, 0.29) is 6.04 Å². The summed E-state index contributed by atoms with van der Waals surface area (Å²) in [6.45, 7) is 8.30. The molecule has 170 valence electrons. The maximum atomic E-state index is 12.6. The van der Waals surface area contributed by atoms with Gasteiger partial charge in [-0.05, 0) is 52.1 Å². The van der Waals surface area contributed by atoms with Crippen molar-refractivity contribution in [3.8, 4) is 11.3 Å². The van der Waals surface area contributed by atoms with E-state index in [1.54, 1.807) is 18.3 Å². The fraction of sp³-hybridized carbons (Fsp3) is 0.500. The molecule has 9 nitrogen and oxygen atoms in total. The minimum atomic E-state index is -0.954. The van der Waals surface area contributed by atoms with Crippen LogP contribution < -0.4 is 5.46 Å². The third kappa shape index (κ3) is 3.77. The highest BCUT2D eigenvalue weighted by Gasteiger charge is 2.52. The van der Waals surface area contributed by atoms with E-state index in [2.05, 4.69) is 9.97 Å². The number of likely N-dealkylation sites (tertiary alicyclic amines) is 1. The number of carboxylic acid groups (broad SMARTS) is 1. The summed E-state index contributed by atoms with van der Waals surface area (Å²) in [4.78, 5) is 33.1. The Bertz CT molecular complexity index is 1030. The van der Waals surface area contributed by atoms with Crippen molar-refractivity contribution in [1.82, 2.24) is 14.9 Å². The molecule has 3 heterocycles. The molecule has 2 saturated heterocycles. The van der Waals surface area contributed by atoms with Gasteiger partial charge in [0.05, 0.1) is 41.8 Å². The summed E-state index contributed by atoms with van der Waals surface area (Å²) in [6, 6.07) is 5.06. The van der Waals surface area contributed by atoms with E-state index in [4.69, 9.17) is 14.0 Å². The second-order valence-electron chi connectivity index (χ2n) is 9.20. The molecule has 2 aliphatic rings. The molecular formula is C22H28BN3O6. The zero-order valence-corrected chi connectivity index (χ0v) is 19.0. The molecule has 0 aliphatic carbocycles. The van der Waals surface area contributed by atoms with E-state index in [1.165, 1.54) is 12.0 Å². The van der Waals surface area contributed by atoms with Crippen molar-refractivity contribution in [2.75, 3.05) is 13.7 Å². The summed E-state index contributed by atoms with van der Waals surface area (Å²) in [7, 11) is 0.626. The van der Waals surface area contributed by atoms with Crippen molar-refractivity contribution in [3.63, 3.8) is 0 Å². The van der Waals surface area contributed by atoms with Gasteiger partial charge in [-0.1, -0.05) is 12.1 Å². The molecule has 0 spiro atoms. The number of ether oxygens (including phenoxy) is 1. The highest BCUT2D eigenvalue weighted by Crippen LogP contribution is 2.37. The van der Waals surface area contributed by atoms with E-state index in [1.807, 2.05) is 33.8 Å². The van der Waals surface area contributed by atoms with Gasteiger partial charge in [0, 0.05) is 12.1 Å². The summed E-state index contributed by atoms with van der Waals surface area (Å²) >= 11 is 0. The molecule has 1 amide bonds. The molecule has 1 aromatic heterocycles. The molecule has 10 heteroatoms. The molecule has 0 saturated carbocycles. The van der Waals surface area contributed by atoms with E-state index in [0.717, 1.165) is 12.0 Å². The van der Waals surface area contributed by atoms with E-state index < -0.39 is 30.4 Å². The van der Waals surface area contributed by atoms with Crippen molar-refractivity contribution < 1.29 is 28.7 Å². The van der Waals surface area contributed by atoms with Crippen molar-refractivity contribution in [1.29, 1.82) is 0 Å². The largest absolute Gasteiger partial charge is 0.495 e. The molecule has 0 bridgehead atoms. The number of esters is 1. The van der Waals surface area contributed by atoms with Crippen LogP contribution in [0.5, 0.6) is 0 Å². The number of rotatable bonds is 4. The third-order valence-electron chi connectivity index (χ3n) is 6.69. The molecule has 2 fully saturated rings. The van der Waals surface area contributed by atoms with Crippen LogP contribution in [0, 0.1) is 0 Å². The van der Waals surface area contributed by atoms with Gasteiger partial charge in [0.1, 0.15) is 5.82 Å². The van der Waals surface area contributed by atoms with E-state index >= 15 is 0 Å². The van der Waals surface area contributed by atoms with Crippen LogP contribution in [0.1, 0.15) is 62.8 Å². The number of aromatic nitrogens is 2. The number of nitrogens with zero attached hydrogens (tertiary/aromatic N) is 2. The smallest absolute Gasteiger partial charge is 0.465 e. The predicted octanol–water partition coefficient (Wildman–Crippen LogP) is 2.98. The number of amides is 1. The first kappa shape index (κ1) is 22.4. The van der Waals surface area contributed by atoms with Gasteiger partial charge in [0.15, 0.2) is 0 Å². The Morgan fingerprint density at radius 2 is 1.94 bits per heavy atom. The number of imidazole rings is 1. The Morgan fingerprint density at radius 3 is 2.56 bits per heavy atom. The number of H-pyrrole nitrogens is 1. The Balaban J connectivity index is 1.67. The maximum Gasteiger partial charge on any atom is 0.495 e. The van der Waals surface area contributed by atoms with Gasteiger partial charge in [-0.2, -0.15) is 0 Å². The SMILES string of the molecule is COC(=O)c1cc(-c2cnc(C3CCCN3C(=O)O)[nH]2)ccc1B1OC(C)(C)C(C)(C)O1. The van der Waals surface area contributed by atoms with Crippen LogP contribution in [0.15, 0.2) is 24.4 Å². The summed E-state index contributed by atoms with van der Waals surface area (Å²) in [5, 5.41) is 9.41. The van der Waals surface area contributed by atoms with E-state index in [0.29, 0.717) is 35.5 Å². The lowest BCUT2D eigenvalue weighted by Crippen LogP contribution is -2.41. The number of methoxy groups -OCH3 is 1. The number of hydrogen-bond acceptors (Lipinski definition) is 6. The van der Waals surface area contributed by atoms with Crippen molar-refractivity contribution in [2.24, 2.45) is 0 Å². The minimum Gasteiger partial charge on any atom is -0.465 e. The average Bonchev–Trinajstić information content (AvgIpc) is 3.44. The number of carbonyl (C=O) groups excluding carboxylic acids is 1. The monoisotopic (exact) mass is 441 g/mol. The fourth-order valence-electron chi connectivity index (χ4n) is 4.12. The highest BCUT2D eigenvalue weighted by molar-refractivity contribution is 6.63. The molecular weight excluding hydrogens is 413 g/mol. The Kier molecular flexibility index (Phi) is 5.54. The van der Waals surface area contributed by atoms with Gasteiger partial charge in [0.25, 0.3) is 0 Å².